The van der Waals surface area contributed by atoms with Gasteiger partial charge in [0, 0.05) is 16.7 Å². The average Bonchev–Trinajstić information content (AvgIpc) is 3.91. The number of benzene rings is 2. The number of fused-ring (bicyclic) bond motifs is 13. The Balaban J connectivity index is 1.38. The summed E-state index contributed by atoms with van der Waals surface area (Å²) in [7, 11) is -2.45. The van der Waals surface area contributed by atoms with E-state index in [1.165, 1.54) is 117 Å². The van der Waals surface area contributed by atoms with Gasteiger partial charge in [-0.1, -0.05) is 102 Å². The van der Waals surface area contributed by atoms with Gasteiger partial charge in [-0.25, -0.2) is 0 Å². The molecule has 0 atom stereocenters. The molecule has 0 aliphatic heterocycles. The first-order chi connectivity index (χ1) is 22.5. The van der Waals surface area contributed by atoms with Crippen molar-refractivity contribution in [3.05, 3.63) is 68.7 Å². The molecule has 0 nitrogen and oxygen atoms in total. The van der Waals surface area contributed by atoms with E-state index in [1.54, 1.807) is 0 Å². The number of thiophene rings is 4. The molecule has 2 aliphatic carbocycles. The molecule has 4 aromatic heterocycles. The number of hydrogen-bond donors (Lipinski definition) is 0. The second-order valence-electron chi connectivity index (χ2n) is 12.4. The molecule has 8 rings (SSSR count). The topological polar surface area (TPSA) is 0 Å². The largest absolute Gasteiger partial charge is 0.178 e. The molecule has 46 heavy (non-hydrogen) atoms. The highest BCUT2D eigenvalue weighted by Gasteiger charge is 2.31. The molecule has 4 heterocycles. The van der Waals surface area contributed by atoms with Gasteiger partial charge in [0.25, 0.3) is 0 Å². The van der Waals surface area contributed by atoms with Crippen molar-refractivity contribution in [3.63, 3.8) is 0 Å². The van der Waals surface area contributed by atoms with Gasteiger partial charge in [0.05, 0.1) is 42.8 Å². The normalized spacial score (nSPS) is 13.9. The van der Waals surface area contributed by atoms with Crippen molar-refractivity contribution in [3.8, 4) is 44.9 Å². The monoisotopic (exact) mass is 706 g/mol. The minimum absolute atomic E-state index is 0.897. The summed E-state index contributed by atoms with van der Waals surface area (Å²) in [5.41, 5.74) is 14.7. The Hall–Kier alpha value is -2.55. The smallest absolute Gasteiger partial charge is 0.138 e. The van der Waals surface area contributed by atoms with Crippen LogP contribution in [0.4, 0.5) is 0 Å². The zero-order valence-corrected chi connectivity index (χ0v) is 32.5. The van der Waals surface area contributed by atoms with Crippen LogP contribution in [0.3, 0.4) is 0 Å². The predicted octanol–water partition coefficient (Wildman–Crippen LogP) is 11.6. The SMILES string of the molecule is CC[Si](C#CC1=c2sc3c(sc4c5sc6c(c5sc34)-c3ccccc3C=6C#CS(CC)(CC)CC)c2-c2ccccc21)(CC)CC. The van der Waals surface area contributed by atoms with Crippen molar-refractivity contribution in [2.75, 3.05) is 17.3 Å². The summed E-state index contributed by atoms with van der Waals surface area (Å²) in [5, 5.41) is 3.87. The fourth-order valence-electron chi connectivity index (χ4n) is 7.29. The number of rotatable bonds is 6. The molecule has 0 saturated carbocycles. The standard InChI is InChI=1S/C40H38S5Si/c1-7-45(8-2,9-3)23-21-29-25-17-13-15-19-27(25)31-33(29)41-37-35(31)43-40-38-36(44-39(37)40)32-28-20-16-14-18-26(28)30(34(32)42-38)22-24-46(10-4,11-5)12-6/h13-20H,7-12H2,1-6H3. The van der Waals surface area contributed by atoms with Crippen molar-refractivity contribution >= 4 is 103 Å². The quantitative estimate of drug-likeness (QED) is 0.119. The maximum atomic E-state index is 3.92. The van der Waals surface area contributed by atoms with Crippen molar-refractivity contribution in [1.29, 1.82) is 0 Å². The highest BCUT2D eigenvalue weighted by Crippen LogP contribution is 2.54. The summed E-state index contributed by atoms with van der Waals surface area (Å²) in [4.78, 5) is 0. The van der Waals surface area contributed by atoms with Crippen LogP contribution in [-0.2, 0) is 0 Å². The summed E-state index contributed by atoms with van der Waals surface area (Å²) in [6.45, 7) is 14.0. The molecule has 2 aromatic carbocycles. The minimum Gasteiger partial charge on any atom is -0.178 e. The van der Waals surface area contributed by atoms with Gasteiger partial charge in [-0.15, -0.1) is 50.9 Å². The molecule has 0 unspecified atom stereocenters. The Bertz CT molecular complexity index is 2270. The molecule has 2 aliphatic rings. The Morgan fingerprint density at radius 2 is 0.935 bits per heavy atom. The molecule has 0 spiro atoms. The van der Waals surface area contributed by atoms with E-state index in [2.05, 4.69) is 113 Å². The third-order valence-electron chi connectivity index (χ3n) is 10.7. The summed E-state index contributed by atoms with van der Waals surface area (Å²) < 4.78 is 11.6. The predicted molar refractivity (Wildman–Crippen MR) is 218 cm³/mol. The first kappa shape index (κ1) is 30.8. The van der Waals surface area contributed by atoms with E-state index < -0.39 is 18.1 Å². The molecular weight excluding hydrogens is 669 g/mol. The van der Waals surface area contributed by atoms with Gasteiger partial charge in [-0.2, -0.15) is 10.0 Å². The van der Waals surface area contributed by atoms with Crippen molar-refractivity contribution in [2.24, 2.45) is 0 Å². The molecule has 0 N–H and O–H groups in total. The molecule has 6 heteroatoms. The molecule has 0 saturated heterocycles. The van der Waals surface area contributed by atoms with Crippen LogP contribution in [0, 0.1) is 22.6 Å². The average molecular weight is 707 g/mol. The van der Waals surface area contributed by atoms with E-state index in [0.29, 0.717) is 0 Å². The van der Waals surface area contributed by atoms with Gasteiger partial charge in [-0.3, -0.25) is 0 Å². The van der Waals surface area contributed by atoms with Gasteiger partial charge in [0.2, 0.25) is 0 Å². The molecule has 0 bridgehead atoms. The van der Waals surface area contributed by atoms with E-state index in [4.69, 9.17) is 0 Å². The van der Waals surface area contributed by atoms with Crippen LogP contribution in [0.25, 0.3) is 61.6 Å². The van der Waals surface area contributed by atoms with Gasteiger partial charge >= 0.3 is 0 Å². The van der Waals surface area contributed by atoms with E-state index in [-0.39, 0.29) is 0 Å². The molecule has 0 amide bonds. The lowest BCUT2D eigenvalue weighted by molar-refractivity contribution is 1.20. The van der Waals surface area contributed by atoms with Crippen LogP contribution >= 0.6 is 55.4 Å². The Morgan fingerprint density at radius 1 is 0.522 bits per heavy atom. The minimum atomic E-state index is -1.56. The highest BCUT2D eigenvalue weighted by molar-refractivity contribution is 8.37. The van der Waals surface area contributed by atoms with E-state index in [9.17, 15) is 0 Å². The fourth-order valence-corrected chi connectivity index (χ4v) is 17.9. The lowest BCUT2D eigenvalue weighted by Gasteiger charge is -2.30. The first-order valence-electron chi connectivity index (χ1n) is 16.7. The maximum absolute atomic E-state index is 3.92. The van der Waals surface area contributed by atoms with Gasteiger partial charge in [0.15, 0.2) is 0 Å². The van der Waals surface area contributed by atoms with Crippen molar-refractivity contribution < 1.29 is 0 Å². The summed E-state index contributed by atoms with van der Waals surface area (Å²) in [6, 6.07) is 21.7. The molecular formula is C40H38S5Si. The van der Waals surface area contributed by atoms with Gasteiger partial charge < -0.3 is 0 Å². The van der Waals surface area contributed by atoms with Crippen LogP contribution in [0.2, 0.25) is 18.1 Å². The van der Waals surface area contributed by atoms with E-state index >= 15 is 0 Å². The molecule has 232 valence electrons. The van der Waals surface area contributed by atoms with Gasteiger partial charge in [-0.05, 0) is 62.9 Å². The third-order valence-corrected chi connectivity index (χ3v) is 24.8. The highest BCUT2D eigenvalue weighted by atomic mass is 32.3. The van der Waals surface area contributed by atoms with Crippen LogP contribution in [0.5, 0.6) is 0 Å². The van der Waals surface area contributed by atoms with E-state index in [1.807, 2.05) is 45.3 Å². The van der Waals surface area contributed by atoms with Crippen LogP contribution in [0.15, 0.2) is 48.5 Å². The maximum Gasteiger partial charge on any atom is 0.138 e. The zero-order valence-electron chi connectivity index (χ0n) is 27.4. The van der Waals surface area contributed by atoms with Crippen LogP contribution < -0.4 is 9.06 Å². The van der Waals surface area contributed by atoms with Crippen molar-refractivity contribution in [2.45, 2.75) is 59.7 Å². The summed E-state index contributed by atoms with van der Waals surface area (Å²) >= 11 is 8.02. The first-order valence-corrected chi connectivity index (χ1v) is 24.7. The van der Waals surface area contributed by atoms with Crippen molar-refractivity contribution in [1.82, 2.24) is 0 Å². The van der Waals surface area contributed by atoms with Gasteiger partial charge in [0.1, 0.15) is 8.07 Å². The fraction of sp³-hybridized carbons (Fsp3) is 0.300. The Kier molecular flexibility index (Phi) is 7.73. The number of hydrogen-bond acceptors (Lipinski definition) is 4. The van der Waals surface area contributed by atoms with Crippen LogP contribution in [0.1, 0.15) is 52.7 Å². The third kappa shape index (κ3) is 4.31. The molecule has 6 aromatic rings. The lowest BCUT2D eigenvalue weighted by Crippen LogP contribution is -2.29. The molecule has 0 fully saturated rings. The van der Waals surface area contributed by atoms with E-state index in [0.717, 1.165) is 0 Å². The summed E-state index contributed by atoms with van der Waals surface area (Å²) in [5.74, 6) is 11.2. The second-order valence-corrected chi connectivity index (χ2v) is 25.4. The lowest BCUT2D eigenvalue weighted by atomic mass is 10.0. The zero-order chi connectivity index (χ0) is 31.8. The summed E-state index contributed by atoms with van der Waals surface area (Å²) in [6.07, 6.45) is 0. The second kappa shape index (κ2) is 11.6. The Morgan fingerprint density at radius 3 is 1.37 bits per heavy atom. The molecule has 0 radical (unpaired) electrons. The Labute approximate surface area is 291 Å². The van der Waals surface area contributed by atoms with Crippen LogP contribution in [-0.4, -0.2) is 25.3 Å².